The monoisotopic (exact) mass is 335 g/mol. The zero-order valence-corrected chi connectivity index (χ0v) is 12.7. The molecule has 1 aromatic carbocycles. The van der Waals surface area contributed by atoms with Crippen molar-refractivity contribution < 1.29 is 26.4 Å². The first kappa shape index (κ1) is 17.0. The molecule has 1 aliphatic heterocycles. The van der Waals surface area contributed by atoms with E-state index in [1.54, 1.807) is 0 Å². The first-order valence-corrected chi connectivity index (χ1v) is 8.27. The molecule has 1 saturated heterocycles. The van der Waals surface area contributed by atoms with Crippen molar-refractivity contribution in [3.05, 3.63) is 29.8 Å². The van der Waals surface area contributed by atoms with Crippen LogP contribution >= 0.6 is 0 Å². The Kier molecular flexibility index (Phi) is 4.62. The summed E-state index contributed by atoms with van der Waals surface area (Å²) in [6.07, 6.45) is -2.91. The molecular formula is C14H16F3NO3S. The highest BCUT2D eigenvalue weighted by molar-refractivity contribution is 7.89. The third kappa shape index (κ3) is 3.33. The number of nitrogens with zero attached hydrogens (tertiary/aromatic N) is 1. The average molecular weight is 335 g/mol. The van der Waals surface area contributed by atoms with Crippen LogP contribution in [-0.4, -0.2) is 31.1 Å². The smallest absolute Gasteiger partial charge is 0.298 e. The molecule has 1 fully saturated rings. The lowest BCUT2D eigenvalue weighted by Gasteiger charge is -2.33. The number of carbonyl (C=O) groups is 1. The summed E-state index contributed by atoms with van der Waals surface area (Å²) in [5.74, 6) is -0.296. The number of sulfonamides is 1. The van der Waals surface area contributed by atoms with Gasteiger partial charge in [-0.15, -0.1) is 0 Å². The van der Waals surface area contributed by atoms with Crippen LogP contribution in [-0.2, 0) is 21.0 Å². The minimum atomic E-state index is -4.62. The van der Waals surface area contributed by atoms with Crippen LogP contribution in [0, 0.1) is 0 Å². The largest absolute Gasteiger partial charge is 0.416 e. The Balaban J connectivity index is 2.43. The zero-order valence-electron chi connectivity index (χ0n) is 11.9. The van der Waals surface area contributed by atoms with Gasteiger partial charge in [-0.05, 0) is 38.0 Å². The van der Waals surface area contributed by atoms with Crippen molar-refractivity contribution in [2.45, 2.75) is 43.3 Å². The van der Waals surface area contributed by atoms with E-state index in [1.165, 1.54) is 6.92 Å². The molecule has 22 heavy (non-hydrogen) atoms. The van der Waals surface area contributed by atoms with E-state index in [9.17, 15) is 26.4 Å². The van der Waals surface area contributed by atoms with Gasteiger partial charge in [-0.3, -0.25) is 4.79 Å². The minimum Gasteiger partial charge on any atom is -0.298 e. The molecule has 1 aromatic rings. The highest BCUT2D eigenvalue weighted by atomic mass is 32.2. The second-order valence-corrected chi connectivity index (χ2v) is 7.15. The molecule has 0 saturated carbocycles. The lowest BCUT2D eigenvalue weighted by molar-refractivity contribution is -0.137. The van der Waals surface area contributed by atoms with Crippen LogP contribution < -0.4 is 0 Å². The fraction of sp³-hybridized carbons (Fsp3) is 0.500. The molecule has 0 aliphatic carbocycles. The highest BCUT2D eigenvalue weighted by Gasteiger charge is 2.37. The number of Topliss-reactive ketones (excluding diaryl/α,β-unsaturated/α-hetero) is 1. The molecule has 8 heteroatoms. The van der Waals surface area contributed by atoms with Gasteiger partial charge >= 0.3 is 6.18 Å². The standard InChI is InChI=1S/C14H16F3NO3S/c1-10(19)13-7-2-3-8-18(13)22(20,21)12-6-4-5-11(9-12)14(15,16)17/h4-6,9,13H,2-3,7-8H2,1H3. The Labute approximate surface area is 127 Å². The van der Waals surface area contributed by atoms with E-state index < -0.39 is 32.7 Å². The number of rotatable bonds is 3. The third-order valence-electron chi connectivity index (χ3n) is 3.69. The molecule has 0 radical (unpaired) electrons. The molecule has 1 aliphatic rings. The number of hydrogen-bond donors (Lipinski definition) is 0. The fourth-order valence-corrected chi connectivity index (χ4v) is 4.32. The van der Waals surface area contributed by atoms with Gasteiger partial charge in [0.1, 0.15) is 5.78 Å². The molecule has 0 spiro atoms. The van der Waals surface area contributed by atoms with E-state index in [1.807, 2.05) is 0 Å². The second kappa shape index (κ2) is 6.00. The van der Waals surface area contributed by atoms with Crippen LogP contribution in [0.3, 0.4) is 0 Å². The van der Waals surface area contributed by atoms with Crippen molar-refractivity contribution in [1.29, 1.82) is 0 Å². The molecule has 0 bridgehead atoms. The molecule has 1 unspecified atom stereocenters. The van der Waals surface area contributed by atoms with Crippen molar-refractivity contribution in [2.24, 2.45) is 0 Å². The van der Waals surface area contributed by atoms with Crippen molar-refractivity contribution in [1.82, 2.24) is 4.31 Å². The summed E-state index contributed by atoms with van der Waals surface area (Å²) in [6, 6.07) is 2.81. The topological polar surface area (TPSA) is 54.5 Å². The van der Waals surface area contributed by atoms with Gasteiger partial charge in [-0.25, -0.2) is 8.42 Å². The van der Waals surface area contributed by atoms with Gasteiger partial charge in [0.2, 0.25) is 10.0 Å². The summed E-state index contributed by atoms with van der Waals surface area (Å²) in [4.78, 5) is 11.2. The van der Waals surface area contributed by atoms with Crippen molar-refractivity contribution in [3.8, 4) is 0 Å². The molecule has 0 amide bonds. The third-order valence-corrected chi connectivity index (χ3v) is 5.60. The van der Waals surface area contributed by atoms with Crippen LogP contribution in [0.15, 0.2) is 29.2 Å². The lowest BCUT2D eigenvalue weighted by Crippen LogP contribution is -2.47. The molecular weight excluding hydrogens is 319 g/mol. The summed E-state index contributed by atoms with van der Waals surface area (Å²) in [5, 5.41) is 0. The number of alkyl halides is 3. The number of benzene rings is 1. The number of carbonyl (C=O) groups excluding carboxylic acids is 1. The molecule has 0 N–H and O–H groups in total. The Hall–Kier alpha value is -1.41. The SMILES string of the molecule is CC(=O)C1CCCCN1S(=O)(=O)c1cccc(C(F)(F)F)c1. The molecule has 1 heterocycles. The van der Waals surface area contributed by atoms with E-state index in [4.69, 9.17) is 0 Å². The molecule has 122 valence electrons. The van der Waals surface area contributed by atoms with E-state index in [0.717, 1.165) is 28.9 Å². The Morgan fingerprint density at radius 1 is 1.27 bits per heavy atom. The lowest BCUT2D eigenvalue weighted by atomic mass is 10.0. The number of hydrogen-bond acceptors (Lipinski definition) is 3. The number of piperidine rings is 1. The fourth-order valence-electron chi connectivity index (χ4n) is 2.57. The van der Waals surface area contributed by atoms with E-state index >= 15 is 0 Å². The first-order valence-electron chi connectivity index (χ1n) is 6.83. The van der Waals surface area contributed by atoms with E-state index in [-0.39, 0.29) is 12.3 Å². The van der Waals surface area contributed by atoms with Crippen LogP contribution in [0.4, 0.5) is 13.2 Å². The Bertz CT molecular complexity index is 670. The minimum absolute atomic E-state index is 0.142. The Morgan fingerprint density at radius 3 is 2.55 bits per heavy atom. The van der Waals surface area contributed by atoms with Gasteiger partial charge in [0.15, 0.2) is 0 Å². The quantitative estimate of drug-likeness (QED) is 0.853. The van der Waals surface area contributed by atoms with Gasteiger partial charge in [0.25, 0.3) is 0 Å². The van der Waals surface area contributed by atoms with Crippen LogP contribution in [0.2, 0.25) is 0 Å². The maximum atomic E-state index is 12.7. The molecule has 2 rings (SSSR count). The summed E-state index contributed by atoms with van der Waals surface area (Å²) < 4.78 is 64.4. The summed E-state index contributed by atoms with van der Waals surface area (Å²) >= 11 is 0. The molecule has 1 atom stereocenters. The van der Waals surface area contributed by atoms with Gasteiger partial charge in [-0.2, -0.15) is 17.5 Å². The summed E-state index contributed by atoms with van der Waals surface area (Å²) in [5.41, 5.74) is -1.02. The predicted octanol–water partition coefficient (Wildman–Crippen LogP) is 2.84. The normalized spacial score (nSPS) is 20.8. The van der Waals surface area contributed by atoms with Crippen LogP contribution in [0.1, 0.15) is 31.7 Å². The highest BCUT2D eigenvalue weighted by Crippen LogP contribution is 2.32. The number of halogens is 3. The van der Waals surface area contributed by atoms with E-state index in [2.05, 4.69) is 0 Å². The van der Waals surface area contributed by atoms with Gasteiger partial charge < -0.3 is 0 Å². The van der Waals surface area contributed by atoms with Crippen molar-refractivity contribution in [2.75, 3.05) is 6.54 Å². The first-order chi connectivity index (χ1) is 10.1. The number of ketones is 1. The predicted molar refractivity (Wildman–Crippen MR) is 73.7 cm³/mol. The van der Waals surface area contributed by atoms with Gasteiger partial charge in [0.05, 0.1) is 16.5 Å². The Morgan fingerprint density at radius 2 is 1.95 bits per heavy atom. The second-order valence-electron chi connectivity index (χ2n) is 5.26. The average Bonchev–Trinajstić information content (AvgIpc) is 2.46. The maximum absolute atomic E-state index is 12.7. The van der Waals surface area contributed by atoms with Crippen LogP contribution in [0.5, 0.6) is 0 Å². The molecule has 4 nitrogen and oxygen atoms in total. The van der Waals surface area contributed by atoms with Gasteiger partial charge in [0, 0.05) is 6.54 Å². The van der Waals surface area contributed by atoms with Crippen LogP contribution in [0.25, 0.3) is 0 Å². The van der Waals surface area contributed by atoms with Gasteiger partial charge in [-0.1, -0.05) is 12.5 Å². The molecule has 0 aromatic heterocycles. The summed E-state index contributed by atoms with van der Waals surface area (Å²) in [7, 11) is -4.13. The zero-order chi connectivity index (χ0) is 16.5. The van der Waals surface area contributed by atoms with Crippen molar-refractivity contribution >= 4 is 15.8 Å². The van der Waals surface area contributed by atoms with E-state index in [0.29, 0.717) is 18.9 Å². The summed E-state index contributed by atoms with van der Waals surface area (Å²) in [6.45, 7) is 1.44. The van der Waals surface area contributed by atoms with Crippen molar-refractivity contribution in [3.63, 3.8) is 0 Å². The maximum Gasteiger partial charge on any atom is 0.416 e.